The molecular formula is C16H20O6. The molecule has 0 aliphatic heterocycles. The van der Waals surface area contributed by atoms with Gasteiger partial charge in [0.15, 0.2) is 6.61 Å². The fourth-order valence-electron chi connectivity index (χ4n) is 1.55. The lowest BCUT2D eigenvalue weighted by Gasteiger charge is -2.08. The maximum absolute atomic E-state index is 11.8. The van der Waals surface area contributed by atoms with Crippen molar-refractivity contribution < 1.29 is 28.6 Å². The smallest absolute Gasteiger partial charge is 0.344 e. The first-order valence-electron chi connectivity index (χ1n) is 6.95. The molecule has 0 aromatic heterocycles. The van der Waals surface area contributed by atoms with Gasteiger partial charge in [0.2, 0.25) is 0 Å². The average Bonchev–Trinajstić information content (AvgIpc) is 2.51. The predicted octanol–water partition coefficient (Wildman–Crippen LogP) is 2.22. The lowest BCUT2D eigenvalue weighted by atomic mass is 10.1. The third kappa shape index (κ3) is 5.95. The predicted molar refractivity (Wildman–Crippen MR) is 78.5 cm³/mol. The van der Waals surface area contributed by atoms with Crippen molar-refractivity contribution in [3.63, 3.8) is 0 Å². The van der Waals surface area contributed by atoms with Crippen molar-refractivity contribution in [1.29, 1.82) is 0 Å². The molecule has 0 aliphatic carbocycles. The van der Waals surface area contributed by atoms with Crippen LogP contribution in [-0.4, -0.2) is 38.2 Å². The second-order valence-corrected chi connectivity index (χ2v) is 5.05. The number of esters is 3. The van der Waals surface area contributed by atoms with E-state index in [0.29, 0.717) is 12.5 Å². The number of benzene rings is 1. The van der Waals surface area contributed by atoms with E-state index >= 15 is 0 Å². The minimum atomic E-state index is -0.702. The van der Waals surface area contributed by atoms with Crippen LogP contribution in [0.2, 0.25) is 0 Å². The second-order valence-electron chi connectivity index (χ2n) is 5.05. The quantitative estimate of drug-likeness (QED) is 0.567. The van der Waals surface area contributed by atoms with Crippen LogP contribution >= 0.6 is 0 Å². The van der Waals surface area contributed by atoms with Gasteiger partial charge in [0.05, 0.1) is 24.8 Å². The molecular weight excluding hydrogens is 288 g/mol. The number of hydrogen-bond donors (Lipinski definition) is 0. The molecule has 0 unspecified atom stereocenters. The van der Waals surface area contributed by atoms with Gasteiger partial charge in [-0.15, -0.1) is 0 Å². The Labute approximate surface area is 129 Å². The topological polar surface area (TPSA) is 78.9 Å². The van der Waals surface area contributed by atoms with Gasteiger partial charge < -0.3 is 14.2 Å². The fraction of sp³-hybridized carbons (Fsp3) is 0.438. The Bertz CT molecular complexity index is 535. The normalized spacial score (nSPS) is 10.2. The molecule has 0 spiro atoms. The summed E-state index contributed by atoms with van der Waals surface area (Å²) in [5, 5.41) is 0. The summed E-state index contributed by atoms with van der Waals surface area (Å²) in [4.78, 5) is 34.6. The van der Waals surface area contributed by atoms with E-state index in [1.807, 2.05) is 13.8 Å². The first kappa shape index (κ1) is 17.7. The van der Waals surface area contributed by atoms with Crippen LogP contribution in [0.25, 0.3) is 0 Å². The van der Waals surface area contributed by atoms with Crippen LogP contribution in [0.1, 0.15) is 41.0 Å². The highest BCUT2D eigenvalue weighted by Gasteiger charge is 2.13. The Hall–Kier alpha value is -2.37. The monoisotopic (exact) mass is 308 g/mol. The fourth-order valence-corrected chi connectivity index (χ4v) is 1.55. The number of rotatable bonds is 7. The number of ether oxygens (including phenoxy) is 3. The molecule has 0 fully saturated rings. The van der Waals surface area contributed by atoms with Crippen LogP contribution in [0.4, 0.5) is 0 Å². The van der Waals surface area contributed by atoms with Crippen molar-refractivity contribution >= 4 is 17.9 Å². The summed E-state index contributed by atoms with van der Waals surface area (Å²) in [5.74, 6) is -1.43. The van der Waals surface area contributed by atoms with Gasteiger partial charge in [-0.3, -0.25) is 0 Å². The summed E-state index contributed by atoms with van der Waals surface area (Å²) >= 11 is 0. The molecule has 1 rings (SSSR count). The van der Waals surface area contributed by atoms with Crippen molar-refractivity contribution in [1.82, 2.24) is 0 Å². The molecule has 0 saturated carbocycles. The lowest BCUT2D eigenvalue weighted by molar-refractivity contribution is -0.147. The molecule has 0 radical (unpaired) electrons. The second kappa shape index (κ2) is 8.81. The van der Waals surface area contributed by atoms with Crippen molar-refractivity contribution in [2.75, 3.05) is 20.3 Å². The summed E-state index contributed by atoms with van der Waals surface area (Å²) in [6.07, 6.45) is 0.751. The molecule has 120 valence electrons. The summed E-state index contributed by atoms with van der Waals surface area (Å²) in [6.45, 7) is 3.87. The molecule has 1 aromatic carbocycles. The Kier molecular flexibility index (Phi) is 7.08. The van der Waals surface area contributed by atoms with Crippen LogP contribution < -0.4 is 0 Å². The molecule has 0 heterocycles. The van der Waals surface area contributed by atoms with E-state index < -0.39 is 24.5 Å². The zero-order valence-corrected chi connectivity index (χ0v) is 13.0. The SMILES string of the molecule is COC(=O)c1cccc(C(=O)OCC(=O)OCCC(C)C)c1. The third-order valence-electron chi connectivity index (χ3n) is 2.80. The van der Waals surface area contributed by atoms with E-state index in [0.717, 1.165) is 6.42 Å². The largest absolute Gasteiger partial charge is 0.465 e. The highest BCUT2D eigenvalue weighted by Crippen LogP contribution is 2.08. The van der Waals surface area contributed by atoms with Crippen molar-refractivity contribution in [3.8, 4) is 0 Å². The molecule has 0 aliphatic rings. The maximum Gasteiger partial charge on any atom is 0.344 e. The first-order chi connectivity index (χ1) is 10.4. The van der Waals surface area contributed by atoms with Gasteiger partial charge in [-0.2, -0.15) is 0 Å². The van der Waals surface area contributed by atoms with Crippen LogP contribution in [0.3, 0.4) is 0 Å². The molecule has 0 saturated heterocycles. The Morgan fingerprint density at radius 3 is 2.27 bits per heavy atom. The minimum Gasteiger partial charge on any atom is -0.465 e. The van der Waals surface area contributed by atoms with Gasteiger partial charge in [0.25, 0.3) is 0 Å². The summed E-state index contributed by atoms with van der Waals surface area (Å²) in [6, 6.07) is 5.88. The van der Waals surface area contributed by atoms with Crippen molar-refractivity contribution in [2.45, 2.75) is 20.3 Å². The first-order valence-corrected chi connectivity index (χ1v) is 6.95. The average molecular weight is 308 g/mol. The molecule has 1 aromatic rings. The lowest BCUT2D eigenvalue weighted by Crippen LogP contribution is -2.17. The zero-order chi connectivity index (χ0) is 16.5. The van der Waals surface area contributed by atoms with Crippen LogP contribution in [0.5, 0.6) is 0 Å². The Morgan fingerprint density at radius 1 is 1.05 bits per heavy atom. The summed E-state index contributed by atoms with van der Waals surface area (Å²) in [7, 11) is 1.25. The van der Waals surface area contributed by atoms with Gasteiger partial charge in [-0.25, -0.2) is 14.4 Å². The van der Waals surface area contributed by atoms with Gasteiger partial charge in [0, 0.05) is 0 Å². The van der Waals surface area contributed by atoms with Crippen molar-refractivity contribution in [2.24, 2.45) is 5.92 Å². The number of methoxy groups -OCH3 is 1. The van der Waals surface area contributed by atoms with E-state index in [4.69, 9.17) is 9.47 Å². The maximum atomic E-state index is 11.8. The minimum absolute atomic E-state index is 0.165. The highest BCUT2D eigenvalue weighted by molar-refractivity contribution is 5.95. The van der Waals surface area contributed by atoms with E-state index in [-0.39, 0.29) is 11.1 Å². The molecule has 0 atom stereocenters. The standard InChI is InChI=1S/C16H20O6/c1-11(2)7-8-21-14(17)10-22-16(19)13-6-4-5-12(9-13)15(18)20-3/h4-6,9,11H,7-8,10H2,1-3H3. The summed E-state index contributed by atoms with van der Waals surface area (Å²) < 4.78 is 14.3. The van der Waals surface area contributed by atoms with Gasteiger partial charge in [-0.05, 0) is 30.5 Å². The van der Waals surface area contributed by atoms with E-state index in [2.05, 4.69) is 4.74 Å². The van der Waals surface area contributed by atoms with E-state index in [1.54, 1.807) is 0 Å². The molecule has 0 N–H and O–H groups in total. The Morgan fingerprint density at radius 2 is 1.68 bits per heavy atom. The molecule has 6 heteroatoms. The van der Waals surface area contributed by atoms with Crippen molar-refractivity contribution in [3.05, 3.63) is 35.4 Å². The van der Waals surface area contributed by atoms with Gasteiger partial charge in [0.1, 0.15) is 0 Å². The van der Waals surface area contributed by atoms with Crippen LogP contribution in [0, 0.1) is 5.92 Å². The highest BCUT2D eigenvalue weighted by atomic mass is 16.6. The number of hydrogen-bond acceptors (Lipinski definition) is 6. The Balaban J connectivity index is 2.48. The molecule has 22 heavy (non-hydrogen) atoms. The van der Waals surface area contributed by atoms with E-state index in [9.17, 15) is 14.4 Å². The zero-order valence-electron chi connectivity index (χ0n) is 13.0. The molecule has 6 nitrogen and oxygen atoms in total. The van der Waals surface area contributed by atoms with Crippen LogP contribution in [0.15, 0.2) is 24.3 Å². The molecule has 0 amide bonds. The van der Waals surface area contributed by atoms with Gasteiger partial charge in [-0.1, -0.05) is 19.9 Å². The third-order valence-corrected chi connectivity index (χ3v) is 2.80. The molecule has 0 bridgehead atoms. The van der Waals surface area contributed by atoms with E-state index in [1.165, 1.54) is 31.4 Å². The van der Waals surface area contributed by atoms with Crippen LogP contribution in [-0.2, 0) is 19.0 Å². The summed E-state index contributed by atoms with van der Waals surface area (Å²) in [5.41, 5.74) is 0.398. The van der Waals surface area contributed by atoms with Gasteiger partial charge >= 0.3 is 17.9 Å². The number of carbonyl (C=O) groups excluding carboxylic acids is 3. The number of carbonyl (C=O) groups is 3.